The molecule has 0 aromatic rings. The molecule has 0 amide bonds. The van der Waals surface area contributed by atoms with Gasteiger partial charge in [0.2, 0.25) is 0 Å². The number of fused-ring (bicyclic) bond motifs is 3. The summed E-state index contributed by atoms with van der Waals surface area (Å²) in [6, 6.07) is 0. The van der Waals surface area contributed by atoms with Crippen LogP contribution in [-0.4, -0.2) is 0 Å². The maximum absolute atomic E-state index is 2.52. The zero-order valence-electron chi connectivity index (χ0n) is 8.87. The molecule has 3 saturated carbocycles. The molecular formula is C14H18. The molecule has 14 heavy (non-hydrogen) atoms. The van der Waals surface area contributed by atoms with E-state index in [-0.39, 0.29) is 0 Å². The fourth-order valence-electron chi connectivity index (χ4n) is 5.06. The molecule has 1 spiro atoms. The average molecular weight is 186 g/mol. The average Bonchev–Trinajstić information content (AvgIpc) is 2.69. The second kappa shape index (κ2) is 2.18. The Kier molecular flexibility index (Phi) is 1.20. The minimum Gasteiger partial charge on any atom is -0.0882 e. The van der Waals surface area contributed by atoms with E-state index in [1.165, 1.54) is 25.7 Å². The fraction of sp³-hybridized carbons (Fsp3) is 0.714. The summed E-state index contributed by atoms with van der Waals surface area (Å²) in [5.41, 5.74) is 2.62. The van der Waals surface area contributed by atoms with Crippen LogP contribution in [0.15, 0.2) is 23.8 Å². The van der Waals surface area contributed by atoms with Gasteiger partial charge in [0.15, 0.2) is 0 Å². The van der Waals surface area contributed by atoms with Crippen molar-refractivity contribution < 1.29 is 0 Å². The van der Waals surface area contributed by atoms with Crippen molar-refractivity contribution in [3.8, 4) is 0 Å². The lowest BCUT2D eigenvalue weighted by molar-refractivity contribution is 0.214. The zero-order chi connectivity index (χ0) is 9.34. The molecule has 4 aliphatic carbocycles. The Hall–Kier alpha value is -0.520. The van der Waals surface area contributed by atoms with E-state index < -0.39 is 0 Å². The quantitative estimate of drug-likeness (QED) is 0.507. The Morgan fingerprint density at radius 3 is 3.29 bits per heavy atom. The highest BCUT2D eigenvalue weighted by molar-refractivity contribution is 5.34. The van der Waals surface area contributed by atoms with E-state index in [0.29, 0.717) is 0 Å². The summed E-state index contributed by atoms with van der Waals surface area (Å²) in [6.07, 6.45) is 13.3. The summed E-state index contributed by atoms with van der Waals surface area (Å²) in [6.45, 7) is 2.24. The highest BCUT2D eigenvalue weighted by Crippen LogP contribution is 2.77. The van der Waals surface area contributed by atoms with Crippen molar-refractivity contribution in [3.05, 3.63) is 23.8 Å². The predicted octanol–water partition coefficient (Wildman–Crippen LogP) is 3.55. The summed E-state index contributed by atoms with van der Waals surface area (Å²) < 4.78 is 0. The Morgan fingerprint density at radius 1 is 1.50 bits per heavy atom. The molecule has 0 radical (unpaired) electrons. The van der Waals surface area contributed by atoms with Gasteiger partial charge in [0, 0.05) is 0 Å². The van der Waals surface area contributed by atoms with Gasteiger partial charge in [0.25, 0.3) is 0 Å². The van der Waals surface area contributed by atoms with Crippen molar-refractivity contribution in [2.24, 2.45) is 29.1 Å². The standard InChI is InChI=1S/C14H18/c1-2-9-6-11-7-12(9)13-5-3-4-10-8-14(10,11)13/h2-4,10-13H,5-8H2,1H3. The molecule has 0 heterocycles. The first-order valence-corrected chi connectivity index (χ1v) is 6.18. The van der Waals surface area contributed by atoms with Crippen LogP contribution in [-0.2, 0) is 0 Å². The Bertz CT molecular complexity index is 349. The van der Waals surface area contributed by atoms with Crippen LogP contribution in [0.25, 0.3) is 0 Å². The van der Waals surface area contributed by atoms with Crippen LogP contribution in [0.2, 0.25) is 0 Å². The zero-order valence-corrected chi connectivity index (χ0v) is 8.87. The smallest absolute Gasteiger partial charge is 0.0160 e. The molecule has 0 heteroatoms. The number of rotatable bonds is 0. The molecule has 0 aliphatic heterocycles. The molecule has 3 fully saturated rings. The van der Waals surface area contributed by atoms with Gasteiger partial charge in [-0.25, -0.2) is 0 Å². The molecule has 0 aromatic carbocycles. The summed E-state index contributed by atoms with van der Waals surface area (Å²) in [5, 5.41) is 0. The van der Waals surface area contributed by atoms with Crippen LogP contribution in [0.3, 0.4) is 0 Å². The highest BCUT2D eigenvalue weighted by atomic mass is 14.7. The third kappa shape index (κ3) is 0.637. The van der Waals surface area contributed by atoms with Gasteiger partial charge in [0.05, 0.1) is 0 Å². The van der Waals surface area contributed by atoms with Crippen LogP contribution in [0.5, 0.6) is 0 Å². The highest BCUT2D eigenvalue weighted by Gasteiger charge is 2.70. The third-order valence-corrected chi connectivity index (χ3v) is 5.67. The van der Waals surface area contributed by atoms with Crippen molar-refractivity contribution in [2.45, 2.75) is 32.6 Å². The largest absolute Gasteiger partial charge is 0.0882 e. The molecule has 74 valence electrons. The van der Waals surface area contributed by atoms with Crippen molar-refractivity contribution in [1.29, 1.82) is 0 Å². The Balaban J connectivity index is 1.80. The minimum absolute atomic E-state index is 0.825. The Labute approximate surface area is 86.1 Å². The van der Waals surface area contributed by atoms with Gasteiger partial charge < -0.3 is 0 Å². The van der Waals surface area contributed by atoms with Gasteiger partial charge in [-0.1, -0.05) is 23.8 Å². The first kappa shape index (κ1) is 7.73. The van der Waals surface area contributed by atoms with Gasteiger partial charge in [-0.15, -0.1) is 0 Å². The van der Waals surface area contributed by atoms with Gasteiger partial charge in [-0.2, -0.15) is 0 Å². The molecule has 4 aliphatic rings. The van der Waals surface area contributed by atoms with Gasteiger partial charge >= 0.3 is 0 Å². The first-order valence-electron chi connectivity index (χ1n) is 6.18. The molecule has 5 unspecified atom stereocenters. The normalized spacial score (nSPS) is 60.2. The lowest BCUT2D eigenvalue weighted by atomic mass is 9.69. The maximum Gasteiger partial charge on any atom is -0.0160 e. The predicted molar refractivity (Wildman–Crippen MR) is 57.8 cm³/mol. The van der Waals surface area contributed by atoms with Crippen LogP contribution < -0.4 is 0 Å². The molecule has 0 nitrogen and oxygen atoms in total. The molecule has 0 N–H and O–H groups in total. The number of hydrogen-bond acceptors (Lipinski definition) is 0. The van der Waals surface area contributed by atoms with Crippen molar-refractivity contribution in [1.82, 2.24) is 0 Å². The molecule has 0 aromatic heterocycles. The molecule has 0 saturated heterocycles. The monoisotopic (exact) mass is 186 g/mol. The second-order valence-corrected chi connectivity index (χ2v) is 5.80. The SMILES string of the molecule is CC=C1CC2CC1C1CC=CC3CC321. The van der Waals surface area contributed by atoms with Gasteiger partial charge in [0.1, 0.15) is 0 Å². The van der Waals surface area contributed by atoms with Crippen LogP contribution in [0.1, 0.15) is 32.6 Å². The van der Waals surface area contributed by atoms with E-state index >= 15 is 0 Å². The summed E-state index contributed by atoms with van der Waals surface area (Å²) in [7, 11) is 0. The van der Waals surface area contributed by atoms with E-state index in [1.807, 2.05) is 0 Å². The van der Waals surface area contributed by atoms with E-state index in [4.69, 9.17) is 0 Å². The topological polar surface area (TPSA) is 0 Å². The lowest BCUT2D eigenvalue weighted by Gasteiger charge is -2.35. The minimum atomic E-state index is 0.825. The summed E-state index contributed by atoms with van der Waals surface area (Å²) in [4.78, 5) is 0. The van der Waals surface area contributed by atoms with E-state index in [9.17, 15) is 0 Å². The maximum atomic E-state index is 2.52. The Morgan fingerprint density at radius 2 is 2.43 bits per heavy atom. The van der Waals surface area contributed by atoms with Gasteiger partial charge in [-0.05, 0) is 61.7 Å². The van der Waals surface area contributed by atoms with E-state index in [1.54, 1.807) is 5.57 Å². The van der Waals surface area contributed by atoms with E-state index in [0.717, 1.165) is 29.1 Å². The van der Waals surface area contributed by atoms with Crippen LogP contribution in [0.4, 0.5) is 0 Å². The first-order chi connectivity index (χ1) is 6.86. The summed E-state index contributed by atoms with van der Waals surface area (Å²) in [5.74, 6) is 4.09. The third-order valence-electron chi connectivity index (χ3n) is 5.67. The lowest BCUT2D eigenvalue weighted by Crippen LogP contribution is -2.28. The number of hydrogen-bond donors (Lipinski definition) is 0. The van der Waals surface area contributed by atoms with Crippen LogP contribution in [0, 0.1) is 29.1 Å². The fourth-order valence-corrected chi connectivity index (χ4v) is 5.06. The molecule has 5 atom stereocenters. The molecule has 4 rings (SSSR count). The number of allylic oxidation sites excluding steroid dienone is 4. The van der Waals surface area contributed by atoms with Crippen LogP contribution >= 0.6 is 0 Å². The van der Waals surface area contributed by atoms with Crippen molar-refractivity contribution in [3.63, 3.8) is 0 Å². The molecular weight excluding hydrogens is 168 g/mol. The van der Waals surface area contributed by atoms with Crippen molar-refractivity contribution >= 4 is 0 Å². The van der Waals surface area contributed by atoms with Gasteiger partial charge in [-0.3, -0.25) is 0 Å². The molecule has 2 bridgehead atoms. The summed E-state index contributed by atoms with van der Waals surface area (Å²) >= 11 is 0. The van der Waals surface area contributed by atoms with Crippen molar-refractivity contribution in [2.75, 3.05) is 0 Å². The van der Waals surface area contributed by atoms with E-state index in [2.05, 4.69) is 25.2 Å². The second-order valence-electron chi connectivity index (χ2n) is 5.80.